The Morgan fingerprint density at radius 1 is 0.449 bits per heavy atom. The van der Waals surface area contributed by atoms with Gasteiger partial charge >= 0.3 is 0 Å². The van der Waals surface area contributed by atoms with Gasteiger partial charge in [-0.2, -0.15) is 0 Å². The molecule has 0 spiro atoms. The summed E-state index contributed by atoms with van der Waals surface area (Å²) in [6.07, 6.45) is 13.8. The Morgan fingerprint density at radius 2 is 1.04 bits per heavy atom. The Morgan fingerprint density at radius 3 is 1.71 bits per heavy atom. The molecule has 0 fully saturated rings. The molecular weight excluding hydrogens is 599 g/mol. The normalized spacial score (nSPS) is 13.6. The van der Waals surface area contributed by atoms with Crippen LogP contribution < -0.4 is 0 Å². The molecule has 2 aromatic heterocycles. The van der Waals surface area contributed by atoms with Gasteiger partial charge in [-0.25, -0.2) is 15.0 Å². The molecule has 4 nitrogen and oxygen atoms in total. The molecule has 0 aliphatic heterocycles. The molecule has 0 atom stereocenters. The smallest absolute Gasteiger partial charge is 0.164 e. The van der Waals surface area contributed by atoms with Crippen LogP contribution in [0.3, 0.4) is 0 Å². The number of hydrogen-bond acceptors (Lipinski definition) is 4. The van der Waals surface area contributed by atoms with Gasteiger partial charge < -0.3 is 4.42 Å². The van der Waals surface area contributed by atoms with Crippen LogP contribution in [0.15, 0.2) is 132 Å². The van der Waals surface area contributed by atoms with E-state index in [0.717, 1.165) is 69.9 Å². The number of aromatic nitrogens is 3. The highest BCUT2D eigenvalue weighted by atomic mass is 16.3. The van der Waals surface area contributed by atoms with Gasteiger partial charge in [0, 0.05) is 27.5 Å². The Balaban J connectivity index is 1.17. The second kappa shape index (κ2) is 11.2. The average molecular weight is 630 g/mol. The quantitative estimate of drug-likeness (QED) is 0.194. The first-order valence-corrected chi connectivity index (χ1v) is 17.1. The van der Waals surface area contributed by atoms with Crippen LogP contribution >= 0.6 is 0 Å². The fourth-order valence-electron chi connectivity index (χ4n) is 7.76. The SMILES string of the molecule is C1=Cc2c(c3c(c4cc(-c5ccc6oc7cccc(-c8nc(-c9ccccc9)nc(-c9ccccc9)n8)c7c6c5)ccc24)C=CCC3)CC1. The molecule has 232 valence electrons. The maximum atomic E-state index is 6.45. The molecule has 4 heteroatoms. The number of benzene rings is 6. The first-order valence-electron chi connectivity index (χ1n) is 17.1. The van der Waals surface area contributed by atoms with E-state index < -0.39 is 0 Å². The van der Waals surface area contributed by atoms with Gasteiger partial charge in [0.2, 0.25) is 0 Å². The third kappa shape index (κ3) is 4.63. The Hall–Kier alpha value is -6.13. The second-order valence-corrected chi connectivity index (χ2v) is 13.0. The van der Waals surface area contributed by atoms with Crippen molar-refractivity contribution in [3.8, 4) is 45.3 Å². The van der Waals surface area contributed by atoms with Gasteiger partial charge in [0.05, 0.1) is 0 Å². The number of rotatable bonds is 4. The molecule has 6 aromatic carbocycles. The summed E-state index contributed by atoms with van der Waals surface area (Å²) in [6.45, 7) is 0. The summed E-state index contributed by atoms with van der Waals surface area (Å²) in [7, 11) is 0. The zero-order valence-corrected chi connectivity index (χ0v) is 26.9. The summed E-state index contributed by atoms with van der Waals surface area (Å²) in [4.78, 5) is 15.0. The fourth-order valence-corrected chi connectivity index (χ4v) is 7.76. The van der Waals surface area contributed by atoms with Crippen LogP contribution in [0.1, 0.15) is 35.1 Å². The van der Waals surface area contributed by atoms with Crippen molar-refractivity contribution in [2.75, 3.05) is 0 Å². The molecule has 0 radical (unpaired) electrons. The van der Waals surface area contributed by atoms with E-state index in [1.54, 1.807) is 5.56 Å². The zero-order valence-electron chi connectivity index (χ0n) is 26.9. The number of fused-ring (bicyclic) bond motifs is 9. The van der Waals surface area contributed by atoms with Crippen molar-refractivity contribution in [3.63, 3.8) is 0 Å². The summed E-state index contributed by atoms with van der Waals surface area (Å²) in [5.41, 5.74) is 12.7. The first kappa shape index (κ1) is 27.9. The minimum absolute atomic E-state index is 0.619. The number of allylic oxidation sites excluding steroid dienone is 2. The highest BCUT2D eigenvalue weighted by Gasteiger charge is 2.21. The molecule has 10 rings (SSSR count). The van der Waals surface area contributed by atoms with Crippen molar-refractivity contribution in [3.05, 3.63) is 150 Å². The van der Waals surface area contributed by atoms with Gasteiger partial charge in [0.15, 0.2) is 17.5 Å². The van der Waals surface area contributed by atoms with Gasteiger partial charge in [-0.3, -0.25) is 0 Å². The van der Waals surface area contributed by atoms with E-state index >= 15 is 0 Å². The molecule has 2 heterocycles. The number of furan rings is 1. The summed E-state index contributed by atoms with van der Waals surface area (Å²) >= 11 is 0. The van der Waals surface area contributed by atoms with Gasteiger partial charge in [0.25, 0.3) is 0 Å². The van der Waals surface area contributed by atoms with E-state index in [-0.39, 0.29) is 0 Å². The van der Waals surface area contributed by atoms with Gasteiger partial charge in [-0.1, -0.05) is 115 Å². The van der Waals surface area contributed by atoms with Crippen molar-refractivity contribution in [2.45, 2.75) is 25.7 Å². The van der Waals surface area contributed by atoms with Crippen molar-refractivity contribution in [1.29, 1.82) is 0 Å². The van der Waals surface area contributed by atoms with Crippen LogP contribution in [0.2, 0.25) is 0 Å². The predicted octanol–water partition coefficient (Wildman–Crippen LogP) is 11.5. The van der Waals surface area contributed by atoms with Gasteiger partial charge in [0.1, 0.15) is 11.2 Å². The first-order chi connectivity index (χ1) is 24.3. The van der Waals surface area contributed by atoms with Crippen LogP contribution in [0.5, 0.6) is 0 Å². The monoisotopic (exact) mass is 629 g/mol. The van der Waals surface area contributed by atoms with E-state index in [2.05, 4.69) is 66.8 Å². The lowest BCUT2D eigenvalue weighted by atomic mass is 9.80. The summed E-state index contributed by atoms with van der Waals surface area (Å²) in [5, 5.41) is 4.72. The topological polar surface area (TPSA) is 51.8 Å². The van der Waals surface area contributed by atoms with Gasteiger partial charge in [-0.15, -0.1) is 0 Å². The molecule has 2 aliphatic carbocycles. The lowest BCUT2D eigenvalue weighted by Gasteiger charge is -2.24. The highest BCUT2D eigenvalue weighted by molar-refractivity contribution is 6.13. The van der Waals surface area contributed by atoms with E-state index in [0.29, 0.717) is 17.5 Å². The summed E-state index contributed by atoms with van der Waals surface area (Å²) in [5.74, 6) is 1.90. The second-order valence-electron chi connectivity index (χ2n) is 13.0. The number of hydrogen-bond donors (Lipinski definition) is 0. The molecule has 0 saturated heterocycles. The predicted molar refractivity (Wildman–Crippen MR) is 201 cm³/mol. The molecule has 0 saturated carbocycles. The van der Waals surface area contributed by atoms with Crippen LogP contribution in [-0.2, 0) is 12.8 Å². The summed E-state index contributed by atoms with van der Waals surface area (Å²) in [6, 6.07) is 39.9. The lowest BCUT2D eigenvalue weighted by Crippen LogP contribution is -2.07. The molecule has 8 aromatic rings. The Labute approximate surface area is 284 Å². The van der Waals surface area contributed by atoms with Crippen molar-refractivity contribution in [2.24, 2.45) is 0 Å². The van der Waals surface area contributed by atoms with E-state index in [1.807, 2.05) is 72.8 Å². The minimum atomic E-state index is 0.619. The molecule has 0 amide bonds. The molecule has 49 heavy (non-hydrogen) atoms. The molecule has 2 aliphatic rings. The molecule has 0 bridgehead atoms. The maximum absolute atomic E-state index is 6.45. The zero-order chi connectivity index (χ0) is 32.3. The standard InChI is InChI=1S/C45H31N3O/c1-3-12-28(13-4-1)43-46-44(29-14-5-2-6-15-29)48-45(47-43)37-20-11-21-41-42(37)39-27-31(23-25-40(39)49-41)30-22-24-36-34-18-8-7-16-32(34)33-17-9-10-19-35(33)38(36)26-30/h1-6,8,10-15,18-27H,7,9,16-17H2. The van der Waals surface area contributed by atoms with Crippen molar-refractivity contribution in [1.82, 2.24) is 15.0 Å². The molecule has 0 unspecified atom stereocenters. The molecular formula is C45H31N3O. The van der Waals surface area contributed by atoms with E-state index in [4.69, 9.17) is 19.4 Å². The third-order valence-corrected chi connectivity index (χ3v) is 10.1. The van der Waals surface area contributed by atoms with Crippen LogP contribution in [0, 0.1) is 0 Å². The largest absolute Gasteiger partial charge is 0.456 e. The minimum Gasteiger partial charge on any atom is -0.456 e. The van der Waals surface area contributed by atoms with Gasteiger partial charge in [-0.05, 0) is 94.1 Å². The lowest BCUT2D eigenvalue weighted by molar-refractivity contribution is 0.669. The fraction of sp³-hybridized carbons (Fsp3) is 0.0889. The third-order valence-electron chi connectivity index (χ3n) is 10.1. The Bertz CT molecular complexity index is 2590. The van der Waals surface area contributed by atoms with E-state index in [1.165, 1.54) is 33.0 Å². The van der Waals surface area contributed by atoms with Crippen LogP contribution in [0.4, 0.5) is 0 Å². The highest BCUT2D eigenvalue weighted by Crippen LogP contribution is 2.42. The van der Waals surface area contributed by atoms with E-state index in [9.17, 15) is 0 Å². The van der Waals surface area contributed by atoms with Crippen molar-refractivity contribution < 1.29 is 4.42 Å². The van der Waals surface area contributed by atoms with Crippen LogP contribution in [0.25, 0.3) is 90.2 Å². The van der Waals surface area contributed by atoms with Crippen LogP contribution in [-0.4, -0.2) is 15.0 Å². The average Bonchev–Trinajstić information content (AvgIpc) is 3.57. The number of nitrogens with zero attached hydrogens (tertiary/aromatic N) is 3. The summed E-state index contributed by atoms with van der Waals surface area (Å²) < 4.78 is 6.45. The van der Waals surface area contributed by atoms with Crippen molar-refractivity contribution >= 4 is 44.9 Å². The maximum Gasteiger partial charge on any atom is 0.164 e. The Kier molecular flexibility index (Phi) is 6.41. The molecule has 0 N–H and O–H groups in total.